The van der Waals surface area contributed by atoms with Crippen LogP contribution in [0.2, 0.25) is 0 Å². The van der Waals surface area contributed by atoms with E-state index >= 15 is 0 Å². The minimum Gasteiger partial charge on any atom is -0.430 e. The molecule has 1 heterocycles. The van der Waals surface area contributed by atoms with Crippen LogP contribution in [0.4, 0.5) is 4.79 Å². The molecule has 1 aliphatic heterocycles. The number of cyclic esters (lactones) is 2. The zero-order valence-corrected chi connectivity index (χ0v) is 19.2. The number of ether oxygens (including phenoxy) is 2. The van der Waals surface area contributed by atoms with Gasteiger partial charge in [0.2, 0.25) is 0 Å². The second-order valence-electron chi connectivity index (χ2n) is 8.22. The average Bonchev–Trinajstić information content (AvgIpc) is 3.13. The summed E-state index contributed by atoms with van der Waals surface area (Å²) in [4.78, 5) is 10.8. The first kappa shape index (κ1) is 25.4. The summed E-state index contributed by atoms with van der Waals surface area (Å²) in [5, 5.41) is -0.230. The van der Waals surface area contributed by atoms with Gasteiger partial charge in [0.05, 0.1) is 16.6 Å². The Balaban J connectivity index is 0.000000232. The number of carbonyl (C=O) groups is 1. The van der Waals surface area contributed by atoms with Crippen molar-refractivity contribution in [1.82, 2.24) is 0 Å². The number of hydrogen-bond acceptors (Lipinski definition) is 8. The maximum Gasteiger partial charge on any atom is 0.508 e. The van der Waals surface area contributed by atoms with Crippen LogP contribution in [0.3, 0.4) is 0 Å². The minimum atomic E-state index is -4.07. The first-order valence-electron chi connectivity index (χ1n) is 10.8. The van der Waals surface area contributed by atoms with Gasteiger partial charge < -0.3 is 9.47 Å². The van der Waals surface area contributed by atoms with Crippen molar-refractivity contribution in [2.75, 3.05) is 13.2 Å². The Bertz CT molecular complexity index is 749. The fourth-order valence-corrected chi connectivity index (χ4v) is 6.99. The van der Waals surface area contributed by atoms with E-state index in [2.05, 4.69) is 4.74 Å². The minimum absolute atomic E-state index is 0.167. The van der Waals surface area contributed by atoms with Crippen molar-refractivity contribution in [2.24, 2.45) is 0 Å². The first-order valence-corrected chi connectivity index (χ1v) is 13.7. The molecule has 0 radical (unpaired) electrons. The van der Waals surface area contributed by atoms with E-state index in [4.69, 9.17) is 8.92 Å². The molecule has 9 nitrogen and oxygen atoms in total. The number of rotatable bonds is 7. The van der Waals surface area contributed by atoms with Crippen LogP contribution in [0.5, 0.6) is 0 Å². The Labute approximate surface area is 179 Å². The van der Waals surface area contributed by atoms with Crippen molar-refractivity contribution in [3.8, 4) is 0 Å². The van der Waals surface area contributed by atoms with E-state index in [9.17, 15) is 26.2 Å². The van der Waals surface area contributed by atoms with Crippen LogP contribution in [0.25, 0.3) is 0 Å². The standard InChI is InChI=1S/C11H18O6S.C8H16O3S/c12-10-16-8-9(17-10)4-7-11(18(13,14)15)5-2-1-3-6-11;1-2-11-12(9,10)8-6-4-3-5-7-8/h9H,1-8H2,(H,13,14,15);8H,2-7H2,1H3. The molecule has 1 atom stereocenters. The smallest absolute Gasteiger partial charge is 0.430 e. The molecule has 0 aromatic heterocycles. The predicted octanol–water partition coefficient (Wildman–Crippen LogP) is 3.58. The lowest BCUT2D eigenvalue weighted by Gasteiger charge is -2.34. The lowest BCUT2D eigenvalue weighted by atomic mass is 9.84. The number of hydrogen-bond donors (Lipinski definition) is 1. The molecule has 1 saturated heterocycles. The fraction of sp³-hybridized carbons (Fsp3) is 0.947. The van der Waals surface area contributed by atoms with E-state index in [0.717, 1.165) is 51.4 Å². The van der Waals surface area contributed by atoms with Crippen molar-refractivity contribution >= 4 is 26.4 Å². The molecule has 2 saturated carbocycles. The maximum absolute atomic E-state index is 11.6. The highest BCUT2D eigenvalue weighted by Gasteiger charge is 2.44. The van der Waals surface area contributed by atoms with Crippen LogP contribution in [0.1, 0.15) is 84.0 Å². The fourth-order valence-electron chi connectivity index (χ4n) is 4.38. The van der Waals surface area contributed by atoms with Crippen LogP contribution in [0.15, 0.2) is 0 Å². The van der Waals surface area contributed by atoms with Gasteiger partial charge in [-0.3, -0.25) is 8.74 Å². The predicted molar refractivity (Wildman–Crippen MR) is 110 cm³/mol. The Morgan fingerprint density at radius 2 is 1.63 bits per heavy atom. The molecule has 1 N–H and O–H groups in total. The third kappa shape index (κ3) is 7.06. The van der Waals surface area contributed by atoms with Crippen LogP contribution in [-0.2, 0) is 33.9 Å². The summed E-state index contributed by atoms with van der Waals surface area (Å²) in [6.45, 7) is 2.14. The highest BCUT2D eigenvalue weighted by molar-refractivity contribution is 7.87. The van der Waals surface area contributed by atoms with Gasteiger partial charge in [-0.2, -0.15) is 16.8 Å². The number of carbonyl (C=O) groups excluding carboxylic acids is 1. The highest BCUT2D eigenvalue weighted by atomic mass is 32.2. The molecule has 3 fully saturated rings. The lowest BCUT2D eigenvalue weighted by Crippen LogP contribution is -2.41. The van der Waals surface area contributed by atoms with E-state index < -0.39 is 37.2 Å². The average molecular weight is 471 g/mol. The van der Waals surface area contributed by atoms with E-state index in [1.54, 1.807) is 6.92 Å². The largest absolute Gasteiger partial charge is 0.508 e. The molecule has 0 amide bonds. The third-order valence-corrected chi connectivity index (χ3v) is 9.69. The van der Waals surface area contributed by atoms with Crippen molar-refractivity contribution in [3.05, 3.63) is 0 Å². The summed E-state index contributed by atoms with van der Waals surface area (Å²) in [7, 11) is -7.31. The van der Waals surface area contributed by atoms with E-state index in [-0.39, 0.29) is 18.5 Å². The quantitative estimate of drug-likeness (QED) is 0.336. The van der Waals surface area contributed by atoms with Gasteiger partial charge in [-0.1, -0.05) is 38.5 Å². The van der Waals surface area contributed by atoms with Crippen molar-refractivity contribution < 1.29 is 39.8 Å². The summed E-state index contributed by atoms with van der Waals surface area (Å²) >= 11 is 0. The molecule has 0 bridgehead atoms. The lowest BCUT2D eigenvalue weighted by molar-refractivity contribution is 0.113. The molecule has 176 valence electrons. The monoisotopic (exact) mass is 470 g/mol. The van der Waals surface area contributed by atoms with E-state index in [0.29, 0.717) is 25.7 Å². The molecule has 2 aliphatic carbocycles. The third-order valence-electron chi connectivity index (χ3n) is 6.13. The maximum atomic E-state index is 11.6. The molecule has 1 unspecified atom stereocenters. The Morgan fingerprint density at radius 3 is 2.13 bits per heavy atom. The summed E-state index contributed by atoms with van der Waals surface area (Å²) in [5.74, 6) is 0. The molecule has 11 heteroatoms. The van der Waals surface area contributed by atoms with Gasteiger partial charge in [0.1, 0.15) is 12.7 Å². The molecule has 0 spiro atoms. The van der Waals surface area contributed by atoms with Gasteiger partial charge in [-0.25, -0.2) is 4.79 Å². The highest BCUT2D eigenvalue weighted by Crippen LogP contribution is 2.39. The van der Waals surface area contributed by atoms with Crippen LogP contribution in [0, 0.1) is 0 Å². The van der Waals surface area contributed by atoms with Crippen LogP contribution < -0.4 is 0 Å². The Kier molecular flexibility index (Phi) is 9.38. The van der Waals surface area contributed by atoms with E-state index in [1.165, 1.54) is 0 Å². The second kappa shape index (κ2) is 11.1. The van der Waals surface area contributed by atoms with Gasteiger partial charge in [0, 0.05) is 0 Å². The topological polar surface area (TPSA) is 133 Å². The summed E-state index contributed by atoms with van der Waals surface area (Å²) in [5.41, 5.74) is 0. The van der Waals surface area contributed by atoms with Crippen molar-refractivity contribution in [3.63, 3.8) is 0 Å². The Morgan fingerprint density at radius 1 is 1.03 bits per heavy atom. The van der Waals surface area contributed by atoms with Gasteiger partial charge >= 0.3 is 6.16 Å². The summed E-state index contributed by atoms with van der Waals surface area (Å²) in [6.07, 6.45) is 7.97. The molecule has 0 aromatic rings. The normalized spacial score (nSPS) is 25.0. The van der Waals surface area contributed by atoms with Gasteiger partial charge in [0.25, 0.3) is 20.2 Å². The molecular weight excluding hydrogens is 436 g/mol. The zero-order chi connectivity index (χ0) is 22.3. The first-order chi connectivity index (χ1) is 14.1. The Hall–Kier alpha value is -0.910. The molecule has 0 aromatic carbocycles. The zero-order valence-electron chi connectivity index (χ0n) is 17.6. The van der Waals surface area contributed by atoms with Crippen LogP contribution >= 0.6 is 0 Å². The second-order valence-corrected chi connectivity index (χ2v) is 11.9. The van der Waals surface area contributed by atoms with Crippen molar-refractivity contribution in [1.29, 1.82) is 0 Å². The van der Waals surface area contributed by atoms with Gasteiger partial charge in [0.15, 0.2) is 0 Å². The summed E-state index contributed by atoms with van der Waals surface area (Å²) in [6, 6.07) is 0. The van der Waals surface area contributed by atoms with E-state index in [1.807, 2.05) is 0 Å². The molecule has 30 heavy (non-hydrogen) atoms. The molecular formula is C19H34O9S2. The van der Waals surface area contributed by atoms with Gasteiger partial charge in [-0.15, -0.1) is 0 Å². The SMILES string of the molecule is CCOS(=O)(=O)C1CCCCC1.O=C1OCC(CCC2(S(=O)(=O)O)CCCCC2)O1. The molecule has 3 rings (SSSR count). The molecule has 3 aliphatic rings. The summed E-state index contributed by atoms with van der Waals surface area (Å²) < 4.78 is 68.6. The van der Waals surface area contributed by atoms with Crippen molar-refractivity contribution in [2.45, 2.75) is 100 Å². The van der Waals surface area contributed by atoms with Gasteiger partial charge in [-0.05, 0) is 45.4 Å². The van der Waals surface area contributed by atoms with Crippen LogP contribution in [-0.4, -0.2) is 56.9 Å².